The lowest BCUT2D eigenvalue weighted by Gasteiger charge is -2.31. The molecule has 0 aromatic heterocycles. The third-order valence-corrected chi connectivity index (χ3v) is 5.17. The molecule has 0 saturated carbocycles. The minimum atomic E-state index is -4.34. The third kappa shape index (κ3) is 5.02. The number of hydrogen-bond donors (Lipinski definition) is 0. The van der Waals surface area contributed by atoms with Gasteiger partial charge in [0.15, 0.2) is 0 Å². The number of carbonyl (C=O) groups excluding carboxylic acids is 1. The van der Waals surface area contributed by atoms with Crippen LogP contribution in [0.5, 0.6) is 0 Å². The quantitative estimate of drug-likeness (QED) is 0.798. The monoisotopic (exact) mass is 384 g/mol. The number of benzene rings is 1. The van der Waals surface area contributed by atoms with Crippen LogP contribution < -0.4 is 0 Å². The zero-order chi connectivity index (χ0) is 19.7. The van der Waals surface area contributed by atoms with Gasteiger partial charge in [0.1, 0.15) is 0 Å². The van der Waals surface area contributed by atoms with Gasteiger partial charge < -0.3 is 9.64 Å². The van der Waals surface area contributed by atoms with E-state index >= 15 is 0 Å². The van der Waals surface area contributed by atoms with E-state index in [4.69, 9.17) is 4.74 Å². The molecule has 1 aromatic carbocycles. The maximum Gasteiger partial charge on any atom is 0.416 e. The summed E-state index contributed by atoms with van der Waals surface area (Å²) in [6, 6.07) is 5.48. The SMILES string of the molecule is CC(C)CN1C[C@]2(COCCN(Cc3cccc(C(F)(F)F)c3)C2)CC1=O. The van der Waals surface area contributed by atoms with E-state index in [1.165, 1.54) is 12.1 Å². The van der Waals surface area contributed by atoms with Crippen molar-refractivity contribution in [2.45, 2.75) is 33.0 Å². The highest BCUT2D eigenvalue weighted by Crippen LogP contribution is 2.35. The molecule has 4 nitrogen and oxygen atoms in total. The van der Waals surface area contributed by atoms with Crippen LogP contribution in [0.4, 0.5) is 13.2 Å². The number of halogens is 3. The van der Waals surface area contributed by atoms with Crippen LogP contribution in [0.15, 0.2) is 24.3 Å². The average Bonchev–Trinajstić information content (AvgIpc) is 2.73. The van der Waals surface area contributed by atoms with E-state index in [9.17, 15) is 18.0 Å². The van der Waals surface area contributed by atoms with Crippen molar-refractivity contribution in [2.75, 3.05) is 39.4 Å². The molecule has 150 valence electrons. The largest absolute Gasteiger partial charge is 0.416 e. The van der Waals surface area contributed by atoms with E-state index in [0.717, 1.165) is 12.6 Å². The molecule has 2 aliphatic rings. The lowest BCUT2D eigenvalue weighted by atomic mass is 9.87. The first-order chi connectivity index (χ1) is 12.7. The van der Waals surface area contributed by atoms with Crippen molar-refractivity contribution in [2.24, 2.45) is 11.3 Å². The van der Waals surface area contributed by atoms with Gasteiger partial charge in [-0.3, -0.25) is 9.69 Å². The predicted octanol–water partition coefficient (Wildman–Crippen LogP) is 3.41. The van der Waals surface area contributed by atoms with Gasteiger partial charge in [-0.2, -0.15) is 13.2 Å². The van der Waals surface area contributed by atoms with E-state index in [2.05, 4.69) is 18.7 Å². The van der Waals surface area contributed by atoms with E-state index < -0.39 is 11.7 Å². The molecular formula is C20H27F3N2O2. The maximum atomic E-state index is 13.0. The van der Waals surface area contributed by atoms with Crippen LogP contribution in [0.1, 0.15) is 31.4 Å². The summed E-state index contributed by atoms with van der Waals surface area (Å²) in [5.74, 6) is 0.547. The van der Waals surface area contributed by atoms with Crippen molar-refractivity contribution < 1.29 is 22.7 Å². The van der Waals surface area contributed by atoms with E-state index in [1.807, 2.05) is 4.90 Å². The highest BCUT2D eigenvalue weighted by atomic mass is 19.4. The van der Waals surface area contributed by atoms with Crippen LogP contribution in [0, 0.1) is 11.3 Å². The Bertz CT molecular complexity index is 677. The lowest BCUT2D eigenvalue weighted by Crippen LogP contribution is -2.41. The molecule has 2 heterocycles. The van der Waals surface area contributed by atoms with Crippen molar-refractivity contribution in [1.29, 1.82) is 0 Å². The maximum absolute atomic E-state index is 13.0. The zero-order valence-electron chi connectivity index (χ0n) is 15.9. The molecule has 0 N–H and O–H groups in total. The minimum absolute atomic E-state index is 0.146. The topological polar surface area (TPSA) is 32.8 Å². The number of amides is 1. The Morgan fingerprint density at radius 2 is 2.04 bits per heavy atom. The number of carbonyl (C=O) groups is 1. The molecular weight excluding hydrogens is 357 g/mol. The van der Waals surface area contributed by atoms with Gasteiger partial charge in [0.2, 0.25) is 5.91 Å². The van der Waals surface area contributed by atoms with E-state index in [0.29, 0.717) is 57.3 Å². The molecule has 1 atom stereocenters. The van der Waals surface area contributed by atoms with Crippen LogP contribution in [0.2, 0.25) is 0 Å². The van der Waals surface area contributed by atoms with Crippen molar-refractivity contribution in [3.05, 3.63) is 35.4 Å². The molecule has 1 aromatic rings. The molecule has 0 bridgehead atoms. The Hall–Kier alpha value is -1.60. The molecule has 1 spiro atoms. The molecule has 0 aliphatic carbocycles. The molecule has 2 aliphatic heterocycles. The first kappa shape index (κ1) is 20.1. The first-order valence-electron chi connectivity index (χ1n) is 9.41. The number of rotatable bonds is 4. The van der Waals surface area contributed by atoms with Crippen LogP contribution in [-0.4, -0.2) is 55.1 Å². The van der Waals surface area contributed by atoms with E-state index in [1.54, 1.807) is 6.07 Å². The molecule has 3 rings (SSSR count). The standard InChI is InChI=1S/C20H27F3N2O2/c1-15(2)10-25-13-19(9-18(25)26)12-24(6-7-27-14-19)11-16-4-3-5-17(8-16)20(21,22)23/h3-5,8,15H,6-7,9-14H2,1-2H3/t19-/m0/s1. The normalized spacial score (nSPS) is 24.8. The summed E-state index contributed by atoms with van der Waals surface area (Å²) in [7, 11) is 0. The molecule has 0 unspecified atom stereocenters. The summed E-state index contributed by atoms with van der Waals surface area (Å²) < 4.78 is 44.7. The molecule has 2 fully saturated rings. The first-order valence-corrected chi connectivity index (χ1v) is 9.41. The second-order valence-corrected chi connectivity index (χ2v) is 8.31. The van der Waals surface area contributed by atoms with Crippen LogP contribution in [0.25, 0.3) is 0 Å². The van der Waals surface area contributed by atoms with Gasteiger partial charge in [0.05, 0.1) is 18.8 Å². The van der Waals surface area contributed by atoms with Crippen molar-refractivity contribution >= 4 is 5.91 Å². The number of likely N-dealkylation sites (tertiary alicyclic amines) is 1. The second-order valence-electron chi connectivity index (χ2n) is 8.31. The molecule has 1 amide bonds. The molecule has 0 radical (unpaired) electrons. The van der Waals surface area contributed by atoms with Crippen LogP contribution in [-0.2, 0) is 22.3 Å². The fourth-order valence-electron chi connectivity index (χ4n) is 4.11. The smallest absolute Gasteiger partial charge is 0.379 e. The summed E-state index contributed by atoms with van der Waals surface area (Å²) in [5, 5.41) is 0. The van der Waals surface area contributed by atoms with Crippen LogP contribution in [0.3, 0.4) is 0 Å². The van der Waals surface area contributed by atoms with Gasteiger partial charge in [-0.25, -0.2) is 0 Å². The highest BCUT2D eigenvalue weighted by Gasteiger charge is 2.45. The van der Waals surface area contributed by atoms with E-state index in [-0.39, 0.29) is 11.3 Å². The summed E-state index contributed by atoms with van der Waals surface area (Å²) in [4.78, 5) is 16.5. The summed E-state index contributed by atoms with van der Waals surface area (Å²) in [6.45, 7) is 8.33. The lowest BCUT2D eigenvalue weighted by molar-refractivity contribution is -0.137. The summed E-state index contributed by atoms with van der Waals surface area (Å²) >= 11 is 0. The number of nitrogens with zero attached hydrogens (tertiary/aromatic N) is 2. The van der Waals surface area contributed by atoms with Crippen LogP contribution >= 0.6 is 0 Å². The Morgan fingerprint density at radius 1 is 1.26 bits per heavy atom. The summed E-state index contributed by atoms with van der Waals surface area (Å²) in [6.07, 6.45) is -3.90. The average molecular weight is 384 g/mol. The zero-order valence-corrected chi connectivity index (χ0v) is 15.9. The highest BCUT2D eigenvalue weighted by molar-refractivity contribution is 5.79. The van der Waals surface area contributed by atoms with Gasteiger partial charge >= 0.3 is 6.18 Å². The van der Waals surface area contributed by atoms with Gasteiger partial charge in [-0.05, 0) is 17.5 Å². The third-order valence-electron chi connectivity index (χ3n) is 5.17. The molecule has 27 heavy (non-hydrogen) atoms. The Kier molecular flexibility index (Phi) is 5.82. The molecule has 2 saturated heterocycles. The van der Waals surface area contributed by atoms with Gasteiger partial charge in [0, 0.05) is 44.6 Å². The van der Waals surface area contributed by atoms with Crippen molar-refractivity contribution in [3.8, 4) is 0 Å². The van der Waals surface area contributed by atoms with Crippen molar-refractivity contribution in [3.63, 3.8) is 0 Å². The van der Waals surface area contributed by atoms with Gasteiger partial charge in [-0.1, -0.05) is 32.0 Å². The molecule has 7 heteroatoms. The summed E-state index contributed by atoms with van der Waals surface area (Å²) in [5.41, 5.74) is -0.269. The van der Waals surface area contributed by atoms with Gasteiger partial charge in [-0.15, -0.1) is 0 Å². The Balaban J connectivity index is 1.71. The fourth-order valence-corrected chi connectivity index (χ4v) is 4.11. The Labute approximate surface area is 158 Å². The van der Waals surface area contributed by atoms with Crippen molar-refractivity contribution in [1.82, 2.24) is 9.80 Å². The number of hydrogen-bond acceptors (Lipinski definition) is 3. The van der Waals surface area contributed by atoms with Gasteiger partial charge in [0.25, 0.3) is 0 Å². The predicted molar refractivity (Wildman–Crippen MR) is 96.0 cm³/mol. The second kappa shape index (κ2) is 7.80. The number of ether oxygens (including phenoxy) is 1. The fraction of sp³-hybridized carbons (Fsp3) is 0.650. The Morgan fingerprint density at radius 3 is 2.74 bits per heavy atom. The minimum Gasteiger partial charge on any atom is -0.379 e. The number of alkyl halides is 3.